The SMILES string of the molecule is CCC12CC3CC(CC)(C1)CC(C14CC5(CC)CC(CC)(CC(c6ccccc6)(C5)C1)C4)(C3)C2. The predicted octanol–water partition coefficient (Wildman–Crippen LogP) is 9.86. The molecule has 8 aliphatic rings. The van der Waals surface area contributed by atoms with Gasteiger partial charge in [-0.25, -0.2) is 0 Å². The average Bonchev–Trinajstić information content (AvgIpc) is 2.83. The Morgan fingerprint density at radius 3 is 1.56 bits per heavy atom. The van der Waals surface area contributed by atoms with Gasteiger partial charge in [0.05, 0.1) is 0 Å². The van der Waals surface area contributed by atoms with Crippen molar-refractivity contribution in [1.82, 2.24) is 0 Å². The van der Waals surface area contributed by atoms with E-state index in [2.05, 4.69) is 58.0 Å². The van der Waals surface area contributed by atoms with Gasteiger partial charge < -0.3 is 0 Å². The normalized spacial score (nSPS) is 54.6. The number of rotatable bonds is 6. The minimum atomic E-state index is 0.449. The highest BCUT2D eigenvalue weighted by Gasteiger charge is 2.75. The molecule has 8 aliphatic carbocycles. The van der Waals surface area contributed by atoms with Crippen LogP contribution in [0.5, 0.6) is 0 Å². The Kier molecular flexibility index (Phi) is 4.45. The second kappa shape index (κ2) is 6.75. The third kappa shape index (κ3) is 2.68. The van der Waals surface area contributed by atoms with Gasteiger partial charge in [-0.2, -0.15) is 0 Å². The first-order valence-corrected chi connectivity index (χ1v) is 15.3. The van der Waals surface area contributed by atoms with E-state index in [4.69, 9.17) is 0 Å². The summed E-state index contributed by atoms with van der Waals surface area (Å²) >= 11 is 0. The summed E-state index contributed by atoms with van der Waals surface area (Å²) in [4.78, 5) is 0. The first kappa shape index (κ1) is 22.4. The van der Waals surface area contributed by atoms with Gasteiger partial charge in [0, 0.05) is 0 Å². The van der Waals surface area contributed by atoms with Crippen LogP contribution in [0.4, 0.5) is 0 Å². The third-order valence-electron chi connectivity index (χ3n) is 14.1. The zero-order valence-electron chi connectivity index (χ0n) is 22.8. The lowest BCUT2D eigenvalue weighted by Crippen LogP contribution is -2.70. The summed E-state index contributed by atoms with van der Waals surface area (Å²) in [5.74, 6) is 1.03. The minimum absolute atomic E-state index is 0.449. The van der Waals surface area contributed by atoms with Gasteiger partial charge in [-0.15, -0.1) is 0 Å². The van der Waals surface area contributed by atoms with Gasteiger partial charge in [0.1, 0.15) is 0 Å². The van der Waals surface area contributed by atoms with Crippen molar-refractivity contribution < 1.29 is 0 Å². The van der Waals surface area contributed by atoms with E-state index in [0.717, 1.165) is 5.92 Å². The van der Waals surface area contributed by atoms with Crippen LogP contribution in [0.2, 0.25) is 0 Å². The molecule has 1 aromatic rings. The van der Waals surface area contributed by atoms with Crippen molar-refractivity contribution in [2.45, 2.75) is 136 Å². The molecule has 0 heteroatoms. The van der Waals surface area contributed by atoms with E-state index >= 15 is 0 Å². The molecule has 34 heavy (non-hydrogen) atoms. The van der Waals surface area contributed by atoms with Crippen LogP contribution in [0.25, 0.3) is 0 Å². The molecule has 0 aromatic heterocycles. The van der Waals surface area contributed by atoms with Gasteiger partial charge in [-0.1, -0.05) is 83.7 Å². The van der Waals surface area contributed by atoms with Crippen LogP contribution in [0.3, 0.4) is 0 Å². The summed E-state index contributed by atoms with van der Waals surface area (Å²) in [6, 6.07) is 12.0. The van der Waals surface area contributed by atoms with Crippen LogP contribution in [0.1, 0.15) is 136 Å². The Bertz CT molecular complexity index is 929. The summed E-state index contributed by atoms with van der Waals surface area (Å²) in [5.41, 5.74) is 5.96. The second-order valence-electron chi connectivity index (χ2n) is 15.7. The monoisotopic (exact) mass is 458 g/mol. The zero-order chi connectivity index (χ0) is 23.5. The van der Waals surface area contributed by atoms with Crippen molar-refractivity contribution in [2.75, 3.05) is 0 Å². The molecule has 0 N–H and O–H groups in total. The van der Waals surface area contributed by atoms with E-state index in [1.165, 1.54) is 44.9 Å². The van der Waals surface area contributed by atoms with Crippen LogP contribution in [-0.4, -0.2) is 0 Å². The largest absolute Gasteiger partial charge is 0.0649 e. The van der Waals surface area contributed by atoms with Crippen LogP contribution in [0.15, 0.2) is 30.3 Å². The van der Waals surface area contributed by atoms with Crippen molar-refractivity contribution in [3.05, 3.63) is 35.9 Å². The van der Waals surface area contributed by atoms with E-state index in [-0.39, 0.29) is 0 Å². The lowest BCUT2D eigenvalue weighted by Gasteiger charge is -2.79. The predicted molar refractivity (Wildman–Crippen MR) is 143 cm³/mol. The lowest BCUT2D eigenvalue weighted by molar-refractivity contribution is -0.281. The Morgan fingerprint density at radius 2 is 1.03 bits per heavy atom. The lowest BCUT2D eigenvalue weighted by atomic mass is 9.25. The van der Waals surface area contributed by atoms with E-state index in [1.54, 1.807) is 63.4 Å². The summed E-state index contributed by atoms with van der Waals surface area (Å²) in [6.07, 6.45) is 24.5. The molecule has 0 aliphatic heterocycles. The molecule has 186 valence electrons. The Balaban J connectivity index is 1.42. The van der Waals surface area contributed by atoms with Crippen molar-refractivity contribution in [2.24, 2.45) is 38.4 Å². The standard InChI is InChI=1S/C34H50/c1-5-28-14-26-15-29(6-2,17-28)22-33(16-26,21-28)34-23-30(7-3)18-31(8-4,24-34)20-32(19-30,25-34)27-12-10-9-11-13-27/h9-13,26H,5-8,14-25H2,1-4H3. The quantitative estimate of drug-likeness (QED) is 0.398. The van der Waals surface area contributed by atoms with Gasteiger partial charge in [0.25, 0.3) is 0 Å². The third-order valence-corrected chi connectivity index (χ3v) is 14.1. The van der Waals surface area contributed by atoms with E-state index in [0.29, 0.717) is 37.9 Å². The number of hydrogen-bond acceptors (Lipinski definition) is 0. The molecular weight excluding hydrogens is 408 g/mol. The molecule has 1 aromatic carbocycles. The molecule has 8 fully saturated rings. The molecule has 8 bridgehead atoms. The van der Waals surface area contributed by atoms with Crippen molar-refractivity contribution in [3.8, 4) is 0 Å². The molecule has 9 rings (SSSR count). The fourth-order valence-electron chi connectivity index (χ4n) is 13.7. The highest BCUT2D eigenvalue weighted by atomic mass is 14.8. The highest BCUT2D eigenvalue weighted by molar-refractivity contribution is 5.35. The Morgan fingerprint density at radius 1 is 0.529 bits per heavy atom. The van der Waals surface area contributed by atoms with Crippen LogP contribution >= 0.6 is 0 Å². The smallest absolute Gasteiger partial charge is 0.00309 e. The van der Waals surface area contributed by atoms with Crippen molar-refractivity contribution >= 4 is 0 Å². The summed E-state index contributed by atoms with van der Waals surface area (Å²) in [5, 5.41) is 0. The number of hydrogen-bond donors (Lipinski definition) is 0. The topological polar surface area (TPSA) is 0 Å². The van der Waals surface area contributed by atoms with E-state index < -0.39 is 0 Å². The fourth-order valence-corrected chi connectivity index (χ4v) is 13.7. The van der Waals surface area contributed by atoms with E-state index in [1.807, 2.05) is 0 Å². The summed E-state index contributed by atoms with van der Waals surface area (Å²) in [7, 11) is 0. The average molecular weight is 459 g/mol. The fraction of sp³-hybridized carbons (Fsp3) is 0.824. The van der Waals surface area contributed by atoms with Crippen molar-refractivity contribution in [3.63, 3.8) is 0 Å². The maximum absolute atomic E-state index is 2.57. The molecule has 0 nitrogen and oxygen atoms in total. The van der Waals surface area contributed by atoms with Gasteiger partial charge >= 0.3 is 0 Å². The van der Waals surface area contributed by atoms with Gasteiger partial charge in [0.2, 0.25) is 0 Å². The molecule has 0 heterocycles. The molecule has 8 saturated carbocycles. The zero-order valence-corrected chi connectivity index (χ0v) is 22.8. The first-order valence-electron chi connectivity index (χ1n) is 15.3. The molecule has 0 radical (unpaired) electrons. The van der Waals surface area contributed by atoms with Crippen LogP contribution in [0, 0.1) is 38.4 Å². The Hall–Kier alpha value is -0.780. The minimum Gasteiger partial charge on any atom is -0.0649 e. The van der Waals surface area contributed by atoms with E-state index in [9.17, 15) is 0 Å². The van der Waals surface area contributed by atoms with Gasteiger partial charge in [-0.05, 0) is 126 Å². The summed E-state index contributed by atoms with van der Waals surface area (Å²) < 4.78 is 0. The van der Waals surface area contributed by atoms with Crippen molar-refractivity contribution in [1.29, 1.82) is 0 Å². The van der Waals surface area contributed by atoms with Crippen LogP contribution in [-0.2, 0) is 5.41 Å². The molecule has 0 amide bonds. The van der Waals surface area contributed by atoms with Crippen LogP contribution < -0.4 is 0 Å². The first-order chi connectivity index (χ1) is 16.2. The van der Waals surface area contributed by atoms with Gasteiger partial charge in [-0.3, -0.25) is 0 Å². The molecule has 0 spiro atoms. The molecular formula is C34H50. The second-order valence-corrected chi connectivity index (χ2v) is 15.7. The molecule has 4 atom stereocenters. The maximum Gasteiger partial charge on any atom is -0.00309 e. The highest BCUT2D eigenvalue weighted by Crippen LogP contribution is 2.85. The maximum atomic E-state index is 2.57. The summed E-state index contributed by atoms with van der Waals surface area (Å²) in [6.45, 7) is 10.3. The number of benzene rings is 1. The Labute approximate surface area is 210 Å². The van der Waals surface area contributed by atoms with Gasteiger partial charge in [0.15, 0.2) is 0 Å². The molecule has 4 unspecified atom stereocenters. The molecule has 0 saturated heterocycles.